The average Bonchev–Trinajstić information content (AvgIpc) is 2.69. The highest BCUT2D eigenvalue weighted by Gasteiger charge is 2.21. The molecule has 1 aromatic carbocycles. The lowest BCUT2D eigenvalue weighted by atomic mass is 10.1. The Morgan fingerprint density at radius 2 is 1.85 bits per heavy atom. The Hall–Kier alpha value is -1.06. The Bertz CT molecular complexity index is 508. The van der Waals surface area contributed by atoms with Crippen molar-refractivity contribution >= 4 is 29.9 Å². The zero-order valence-electron chi connectivity index (χ0n) is 16.6. The van der Waals surface area contributed by atoms with Crippen molar-refractivity contribution in [3.8, 4) is 5.75 Å². The number of hydrogen-bond acceptors (Lipinski definition) is 4. The molecule has 0 spiro atoms. The van der Waals surface area contributed by atoms with Crippen LogP contribution in [-0.2, 0) is 9.47 Å². The minimum absolute atomic E-state index is 0. The molecule has 0 radical (unpaired) electrons. The van der Waals surface area contributed by atoms with Crippen LogP contribution in [0.25, 0.3) is 0 Å². The summed E-state index contributed by atoms with van der Waals surface area (Å²) in [6.45, 7) is 5.07. The molecular weight excluding hydrogens is 457 g/mol. The first-order chi connectivity index (χ1) is 12.8. The summed E-state index contributed by atoms with van der Waals surface area (Å²) in [5, 5.41) is 3.44. The predicted molar refractivity (Wildman–Crippen MR) is 120 cm³/mol. The number of nitrogens with zero attached hydrogens (tertiary/aromatic N) is 2. The Morgan fingerprint density at radius 3 is 2.52 bits per heavy atom. The summed E-state index contributed by atoms with van der Waals surface area (Å²) >= 11 is 0. The van der Waals surface area contributed by atoms with Crippen LogP contribution < -0.4 is 10.1 Å². The standard InChI is InChI=1S/C20H33N3O3.HI/c1-21-20(22-12-6-16-25-18-8-4-3-5-9-18)23-13-10-19(11-14-23)26-17-7-15-24-2;/h3-5,8-9,19H,6-7,10-17H2,1-2H3,(H,21,22);1H. The third-order valence-electron chi connectivity index (χ3n) is 4.42. The molecule has 0 aromatic heterocycles. The van der Waals surface area contributed by atoms with E-state index in [4.69, 9.17) is 14.2 Å². The van der Waals surface area contributed by atoms with Crippen molar-refractivity contribution in [3.05, 3.63) is 30.3 Å². The first-order valence-electron chi connectivity index (χ1n) is 9.57. The highest BCUT2D eigenvalue weighted by molar-refractivity contribution is 14.0. The number of aliphatic imine (C=N–C) groups is 1. The van der Waals surface area contributed by atoms with Crippen molar-refractivity contribution < 1.29 is 14.2 Å². The molecule has 0 amide bonds. The normalized spacial score (nSPS) is 15.3. The van der Waals surface area contributed by atoms with Crippen LogP contribution in [0.3, 0.4) is 0 Å². The zero-order chi connectivity index (χ0) is 18.5. The van der Waals surface area contributed by atoms with Gasteiger partial charge in [0.2, 0.25) is 0 Å². The Kier molecular flexibility index (Phi) is 13.3. The van der Waals surface area contributed by atoms with E-state index >= 15 is 0 Å². The van der Waals surface area contributed by atoms with Crippen LogP contribution in [0.15, 0.2) is 35.3 Å². The van der Waals surface area contributed by atoms with Gasteiger partial charge in [0, 0.05) is 47.0 Å². The predicted octanol–water partition coefficient (Wildman–Crippen LogP) is 3.17. The van der Waals surface area contributed by atoms with E-state index in [1.54, 1.807) is 7.11 Å². The Morgan fingerprint density at radius 1 is 1.11 bits per heavy atom. The second-order valence-corrected chi connectivity index (χ2v) is 6.39. The van der Waals surface area contributed by atoms with Gasteiger partial charge in [0.1, 0.15) is 5.75 Å². The van der Waals surface area contributed by atoms with E-state index in [9.17, 15) is 0 Å². The van der Waals surface area contributed by atoms with Gasteiger partial charge in [-0.15, -0.1) is 24.0 Å². The average molecular weight is 491 g/mol. The van der Waals surface area contributed by atoms with E-state index in [0.29, 0.717) is 12.7 Å². The number of likely N-dealkylation sites (tertiary alicyclic amines) is 1. The maximum absolute atomic E-state index is 5.92. The fraction of sp³-hybridized carbons (Fsp3) is 0.650. The highest BCUT2D eigenvalue weighted by Crippen LogP contribution is 2.14. The summed E-state index contributed by atoms with van der Waals surface area (Å²) in [7, 11) is 3.57. The minimum Gasteiger partial charge on any atom is -0.494 e. The molecule has 0 unspecified atom stereocenters. The molecule has 27 heavy (non-hydrogen) atoms. The fourth-order valence-electron chi connectivity index (χ4n) is 3.00. The summed E-state index contributed by atoms with van der Waals surface area (Å²) < 4.78 is 16.7. The number of hydrogen-bond donors (Lipinski definition) is 1. The minimum atomic E-state index is 0. The molecule has 0 bridgehead atoms. The number of methoxy groups -OCH3 is 1. The van der Waals surface area contributed by atoms with Crippen LogP contribution in [0.5, 0.6) is 5.75 Å². The van der Waals surface area contributed by atoms with Crippen LogP contribution in [-0.4, -0.2) is 70.6 Å². The van der Waals surface area contributed by atoms with Crippen molar-refractivity contribution in [1.29, 1.82) is 0 Å². The Labute approximate surface area is 180 Å². The number of benzene rings is 1. The van der Waals surface area contributed by atoms with Crippen LogP contribution in [0.4, 0.5) is 0 Å². The van der Waals surface area contributed by atoms with Crippen molar-refractivity contribution in [1.82, 2.24) is 10.2 Å². The highest BCUT2D eigenvalue weighted by atomic mass is 127. The maximum Gasteiger partial charge on any atom is 0.193 e. The molecule has 1 aromatic rings. The monoisotopic (exact) mass is 491 g/mol. The molecule has 7 heteroatoms. The van der Waals surface area contributed by atoms with E-state index < -0.39 is 0 Å². The smallest absolute Gasteiger partial charge is 0.193 e. The molecule has 1 aliphatic rings. The first kappa shape index (κ1) is 24.0. The summed E-state index contributed by atoms with van der Waals surface area (Å²) in [4.78, 5) is 6.72. The number of para-hydroxylation sites is 1. The van der Waals surface area contributed by atoms with Crippen molar-refractivity contribution in [2.45, 2.75) is 31.8 Å². The number of halogens is 1. The molecule has 154 valence electrons. The molecule has 0 aliphatic carbocycles. The van der Waals surface area contributed by atoms with Gasteiger partial charge in [-0.1, -0.05) is 18.2 Å². The van der Waals surface area contributed by atoms with Gasteiger partial charge in [-0.3, -0.25) is 4.99 Å². The summed E-state index contributed by atoms with van der Waals surface area (Å²) in [6.07, 6.45) is 4.36. The number of rotatable bonds is 10. The summed E-state index contributed by atoms with van der Waals surface area (Å²) in [6, 6.07) is 9.93. The lowest BCUT2D eigenvalue weighted by Gasteiger charge is -2.34. The van der Waals surface area contributed by atoms with Gasteiger partial charge in [-0.05, 0) is 37.8 Å². The van der Waals surface area contributed by atoms with Gasteiger partial charge in [0.05, 0.1) is 12.7 Å². The quantitative estimate of drug-likeness (QED) is 0.236. The zero-order valence-corrected chi connectivity index (χ0v) is 18.9. The summed E-state index contributed by atoms with van der Waals surface area (Å²) in [5.41, 5.74) is 0. The van der Waals surface area contributed by atoms with Crippen LogP contribution in [0.1, 0.15) is 25.7 Å². The first-order valence-corrected chi connectivity index (χ1v) is 9.57. The van der Waals surface area contributed by atoms with Gasteiger partial charge in [-0.25, -0.2) is 0 Å². The maximum atomic E-state index is 5.92. The second-order valence-electron chi connectivity index (χ2n) is 6.39. The van der Waals surface area contributed by atoms with E-state index in [-0.39, 0.29) is 24.0 Å². The molecule has 1 heterocycles. The van der Waals surface area contributed by atoms with Gasteiger partial charge in [0.25, 0.3) is 0 Å². The second kappa shape index (κ2) is 14.9. The molecule has 1 aliphatic heterocycles. The van der Waals surface area contributed by atoms with E-state index in [0.717, 1.165) is 70.2 Å². The van der Waals surface area contributed by atoms with Crippen LogP contribution in [0, 0.1) is 0 Å². The molecule has 1 saturated heterocycles. The lowest BCUT2D eigenvalue weighted by molar-refractivity contribution is 0.00991. The van der Waals surface area contributed by atoms with E-state index in [1.807, 2.05) is 37.4 Å². The van der Waals surface area contributed by atoms with Gasteiger partial charge in [-0.2, -0.15) is 0 Å². The molecule has 1 N–H and O–H groups in total. The van der Waals surface area contributed by atoms with Gasteiger partial charge >= 0.3 is 0 Å². The molecule has 2 rings (SSSR count). The number of piperidine rings is 1. The molecule has 0 saturated carbocycles. The van der Waals surface area contributed by atoms with Crippen LogP contribution in [0.2, 0.25) is 0 Å². The largest absolute Gasteiger partial charge is 0.494 e. The summed E-state index contributed by atoms with van der Waals surface area (Å²) in [5.74, 6) is 1.90. The third-order valence-corrected chi connectivity index (χ3v) is 4.42. The van der Waals surface area contributed by atoms with Gasteiger partial charge < -0.3 is 24.4 Å². The molecular formula is C20H34IN3O3. The van der Waals surface area contributed by atoms with Crippen LogP contribution >= 0.6 is 24.0 Å². The van der Waals surface area contributed by atoms with Crippen molar-refractivity contribution in [3.63, 3.8) is 0 Å². The lowest BCUT2D eigenvalue weighted by Crippen LogP contribution is -2.47. The number of guanidine groups is 1. The fourth-order valence-corrected chi connectivity index (χ4v) is 3.00. The number of nitrogens with one attached hydrogen (secondary N) is 1. The van der Waals surface area contributed by atoms with E-state index in [2.05, 4.69) is 15.2 Å². The molecule has 6 nitrogen and oxygen atoms in total. The van der Waals surface area contributed by atoms with Crippen molar-refractivity contribution in [2.24, 2.45) is 4.99 Å². The topological polar surface area (TPSA) is 55.3 Å². The van der Waals surface area contributed by atoms with Gasteiger partial charge in [0.15, 0.2) is 5.96 Å². The van der Waals surface area contributed by atoms with Crippen molar-refractivity contribution in [2.75, 3.05) is 53.6 Å². The Balaban J connectivity index is 0.00000364. The van der Waals surface area contributed by atoms with E-state index in [1.165, 1.54) is 0 Å². The SMILES string of the molecule is CN=C(NCCCOc1ccccc1)N1CCC(OCCCOC)CC1.I. The third kappa shape index (κ3) is 9.62. The molecule has 0 atom stereocenters. The number of ether oxygens (including phenoxy) is 3. The molecule has 1 fully saturated rings.